The molecule has 0 atom stereocenters. The summed E-state index contributed by atoms with van der Waals surface area (Å²) in [6.45, 7) is 6.64. The van der Waals surface area contributed by atoms with E-state index in [1.54, 1.807) is 0 Å². The van der Waals surface area contributed by atoms with Gasteiger partial charge in [0.25, 0.3) is 0 Å². The molecule has 1 fully saturated rings. The maximum atomic E-state index is 11.8. The molecule has 0 unspecified atom stereocenters. The predicted octanol–water partition coefficient (Wildman–Crippen LogP) is 2.93. The van der Waals surface area contributed by atoms with Crippen molar-refractivity contribution < 1.29 is 9.53 Å². The number of thiophene rings is 1. The Kier molecular flexibility index (Phi) is 4.82. The molecule has 1 aliphatic heterocycles. The summed E-state index contributed by atoms with van der Waals surface area (Å²) >= 11 is 1.52. The molecule has 2 rings (SSSR count). The first-order valence-corrected chi connectivity index (χ1v) is 7.76. The van der Waals surface area contributed by atoms with Crippen molar-refractivity contribution in [3.8, 4) is 0 Å². The zero-order valence-electron chi connectivity index (χ0n) is 11.6. The van der Waals surface area contributed by atoms with E-state index in [4.69, 9.17) is 10.5 Å². The number of piperidine rings is 1. The van der Waals surface area contributed by atoms with Crippen LogP contribution in [-0.2, 0) is 4.74 Å². The Hall–Kier alpha value is -1.07. The molecule has 0 aliphatic carbocycles. The molecule has 2 heterocycles. The first-order chi connectivity index (χ1) is 9.15. The Labute approximate surface area is 118 Å². The number of nitrogens with zero attached hydrogens (tertiary/aromatic N) is 1. The van der Waals surface area contributed by atoms with Crippen LogP contribution >= 0.6 is 11.3 Å². The molecule has 0 spiro atoms. The minimum absolute atomic E-state index is 0.137. The van der Waals surface area contributed by atoms with E-state index in [0.717, 1.165) is 37.5 Å². The molecule has 1 aromatic heterocycles. The molecular formula is C14H22N2O2S. The van der Waals surface area contributed by atoms with Crippen LogP contribution in [0.2, 0.25) is 0 Å². The highest BCUT2D eigenvalue weighted by atomic mass is 32.1. The molecule has 4 nitrogen and oxygen atoms in total. The number of Topliss-reactive ketones (excluding diaryl/α,β-unsaturated/α-hetero) is 1. The monoisotopic (exact) mass is 282 g/mol. The number of carbonyl (C=O) groups excluding carboxylic acids is 1. The second-order valence-corrected chi connectivity index (χ2v) is 5.82. The van der Waals surface area contributed by atoms with Crippen LogP contribution in [0.1, 0.15) is 42.8 Å². The van der Waals surface area contributed by atoms with Gasteiger partial charge in [-0.1, -0.05) is 6.92 Å². The highest BCUT2D eigenvalue weighted by Gasteiger charge is 2.22. The van der Waals surface area contributed by atoms with Gasteiger partial charge in [-0.3, -0.25) is 4.79 Å². The van der Waals surface area contributed by atoms with Gasteiger partial charge in [0.2, 0.25) is 0 Å². The largest absolute Gasteiger partial charge is 0.397 e. The van der Waals surface area contributed by atoms with Gasteiger partial charge in [0, 0.05) is 26.1 Å². The first-order valence-electron chi connectivity index (χ1n) is 6.94. The molecule has 1 aliphatic rings. The van der Waals surface area contributed by atoms with Gasteiger partial charge < -0.3 is 15.4 Å². The predicted molar refractivity (Wildman–Crippen MR) is 80.2 cm³/mol. The van der Waals surface area contributed by atoms with Gasteiger partial charge in [0.15, 0.2) is 5.78 Å². The standard InChI is InChI=1S/C14H22N2O2S/c1-3-12(17)14-11(15)9-13(19-14)16-7-5-10(6-8-16)18-4-2/h9-10H,3-8,15H2,1-2H3. The van der Waals surface area contributed by atoms with Crippen LogP contribution < -0.4 is 10.6 Å². The van der Waals surface area contributed by atoms with Crippen molar-refractivity contribution >= 4 is 27.8 Å². The van der Waals surface area contributed by atoms with E-state index in [-0.39, 0.29) is 5.78 Å². The van der Waals surface area contributed by atoms with Gasteiger partial charge in [-0.15, -0.1) is 11.3 Å². The van der Waals surface area contributed by atoms with Crippen LogP contribution in [0.15, 0.2) is 6.07 Å². The Balaban J connectivity index is 2.02. The summed E-state index contributed by atoms with van der Waals surface area (Å²) in [6, 6.07) is 1.94. The van der Waals surface area contributed by atoms with Crippen LogP contribution in [0.3, 0.4) is 0 Å². The molecule has 5 heteroatoms. The van der Waals surface area contributed by atoms with E-state index < -0.39 is 0 Å². The maximum Gasteiger partial charge on any atom is 0.174 e. The molecule has 19 heavy (non-hydrogen) atoms. The summed E-state index contributed by atoms with van der Waals surface area (Å²) in [5.74, 6) is 0.137. The fourth-order valence-electron chi connectivity index (χ4n) is 2.40. The molecule has 0 saturated carbocycles. The molecular weight excluding hydrogens is 260 g/mol. The highest BCUT2D eigenvalue weighted by Crippen LogP contribution is 2.34. The number of nitrogens with two attached hydrogens (primary N) is 1. The van der Waals surface area contributed by atoms with Crippen LogP contribution in [-0.4, -0.2) is 31.6 Å². The number of hydrogen-bond donors (Lipinski definition) is 1. The van der Waals surface area contributed by atoms with Crippen molar-refractivity contribution in [1.29, 1.82) is 0 Å². The van der Waals surface area contributed by atoms with Gasteiger partial charge in [-0.2, -0.15) is 0 Å². The zero-order chi connectivity index (χ0) is 13.8. The quantitative estimate of drug-likeness (QED) is 0.844. The smallest absolute Gasteiger partial charge is 0.174 e. The number of ketones is 1. The number of nitrogen functional groups attached to an aromatic ring is 1. The van der Waals surface area contributed by atoms with Crippen LogP contribution in [0, 0.1) is 0 Å². The lowest BCUT2D eigenvalue weighted by molar-refractivity contribution is 0.0460. The van der Waals surface area contributed by atoms with Gasteiger partial charge >= 0.3 is 0 Å². The molecule has 106 valence electrons. The van der Waals surface area contributed by atoms with Gasteiger partial charge in [0.05, 0.1) is 21.7 Å². The number of rotatable bonds is 5. The number of hydrogen-bond acceptors (Lipinski definition) is 5. The van der Waals surface area contributed by atoms with Gasteiger partial charge in [0.1, 0.15) is 0 Å². The van der Waals surface area contributed by atoms with Crippen molar-refractivity contribution in [2.24, 2.45) is 0 Å². The molecule has 2 N–H and O–H groups in total. The normalized spacial score (nSPS) is 16.8. The average Bonchev–Trinajstić information content (AvgIpc) is 2.81. The summed E-state index contributed by atoms with van der Waals surface area (Å²) < 4.78 is 5.65. The van der Waals surface area contributed by atoms with Crippen molar-refractivity contribution in [3.05, 3.63) is 10.9 Å². The minimum Gasteiger partial charge on any atom is -0.397 e. The number of carbonyl (C=O) groups is 1. The van der Waals surface area contributed by atoms with Crippen molar-refractivity contribution in [2.75, 3.05) is 30.3 Å². The summed E-state index contributed by atoms with van der Waals surface area (Å²) in [4.78, 5) is 14.8. The Morgan fingerprint density at radius 3 is 2.74 bits per heavy atom. The molecule has 0 aromatic carbocycles. The van der Waals surface area contributed by atoms with Gasteiger partial charge in [-0.05, 0) is 25.8 Å². The third-order valence-electron chi connectivity index (χ3n) is 3.48. The number of ether oxygens (including phenoxy) is 1. The maximum absolute atomic E-state index is 11.8. The zero-order valence-corrected chi connectivity index (χ0v) is 12.5. The Bertz CT molecular complexity index is 437. The summed E-state index contributed by atoms with van der Waals surface area (Å²) in [7, 11) is 0. The van der Waals surface area contributed by atoms with Crippen LogP contribution in [0.5, 0.6) is 0 Å². The highest BCUT2D eigenvalue weighted by molar-refractivity contribution is 7.18. The van der Waals surface area contributed by atoms with E-state index in [0.29, 0.717) is 23.1 Å². The van der Waals surface area contributed by atoms with E-state index in [1.165, 1.54) is 11.3 Å². The van der Waals surface area contributed by atoms with Crippen molar-refractivity contribution in [2.45, 2.75) is 39.2 Å². The summed E-state index contributed by atoms with van der Waals surface area (Å²) in [5.41, 5.74) is 6.56. The lowest BCUT2D eigenvalue weighted by Crippen LogP contribution is -2.36. The van der Waals surface area contributed by atoms with Crippen LogP contribution in [0.4, 0.5) is 10.7 Å². The lowest BCUT2D eigenvalue weighted by Gasteiger charge is -2.32. The van der Waals surface area contributed by atoms with E-state index >= 15 is 0 Å². The van der Waals surface area contributed by atoms with E-state index in [1.807, 2.05) is 19.9 Å². The minimum atomic E-state index is 0.137. The lowest BCUT2D eigenvalue weighted by atomic mass is 10.1. The van der Waals surface area contributed by atoms with Crippen molar-refractivity contribution in [1.82, 2.24) is 0 Å². The van der Waals surface area contributed by atoms with Crippen LogP contribution in [0.25, 0.3) is 0 Å². The van der Waals surface area contributed by atoms with Gasteiger partial charge in [-0.25, -0.2) is 0 Å². The van der Waals surface area contributed by atoms with E-state index in [9.17, 15) is 4.79 Å². The Morgan fingerprint density at radius 1 is 1.47 bits per heavy atom. The topological polar surface area (TPSA) is 55.6 Å². The van der Waals surface area contributed by atoms with Crippen molar-refractivity contribution in [3.63, 3.8) is 0 Å². The summed E-state index contributed by atoms with van der Waals surface area (Å²) in [5, 5.41) is 1.12. The SMILES string of the molecule is CCOC1CCN(c2cc(N)c(C(=O)CC)s2)CC1. The number of anilines is 2. The fraction of sp³-hybridized carbons (Fsp3) is 0.643. The second-order valence-electron chi connectivity index (χ2n) is 4.79. The molecule has 1 aromatic rings. The molecule has 0 amide bonds. The third-order valence-corrected chi connectivity index (χ3v) is 4.73. The average molecular weight is 282 g/mol. The molecule has 0 radical (unpaired) electrons. The summed E-state index contributed by atoms with van der Waals surface area (Å²) in [6.07, 6.45) is 2.98. The second kappa shape index (κ2) is 6.39. The third kappa shape index (κ3) is 3.28. The first kappa shape index (κ1) is 14.3. The fourth-order valence-corrected chi connectivity index (χ4v) is 3.55. The molecule has 1 saturated heterocycles. The molecule has 0 bridgehead atoms. The Morgan fingerprint density at radius 2 is 2.16 bits per heavy atom. The van der Waals surface area contributed by atoms with E-state index in [2.05, 4.69) is 4.90 Å².